The van der Waals surface area contributed by atoms with Gasteiger partial charge < -0.3 is 9.80 Å². The van der Waals surface area contributed by atoms with Crippen molar-refractivity contribution in [3.63, 3.8) is 0 Å². The van der Waals surface area contributed by atoms with Crippen molar-refractivity contribution in [3.8, 4) is 11.1 Å². The van der Waals surface area contributed by atoms with E-state index in [9.17, 15) is 0 Å². The van der Waals surface area contributed by atoms with Crippen molar-refractivity contribution in [1.29, 1.82) is 0 Å². The molecule has 0 bridgehead atoms. The van der Waals surface area contributed by atoms with E-state index >= 15 is 0 Å². The summed E-state index contributed by atoms with van der Waals surface area (Å²) in [6.45, 7) is 32.1. The van der Waals surface area contributed by atoms with Gasteiger partial charge in [-0.25, -0.2) is 0 Å². The van der Waals surface area contributed by atoms with Crippen LogP contribution in [-0.4, -0.2) is 7.28 Å². The molecule has 2 aliphatic rings. The topological polar surface area (TPSA) is 6.48 Å². The predicted molar refractivity (Wildman–Crippen MR) is 278 cm³/mol. The van der Waals surface area contributed by atoms with Gasteiger partial charge in [-0.3, -0.25) is 0 Å². The Hall–Kier alpha value is -5.06. The summed E-state index contributed by atoms with van der Waals surface area (Å²) in [5, 5.41) is 3.60. The van der Waals surface area contributed by atoms with E-state index in [0.717, 1.165) is 63.5 Å². The van der Waals surface area contributed by atoms with Crippen LogP contribution in [-0.2, 0) is 27.1 Å². The van der Waals surface area contributed by atoms with Gasteiger partial charge in [-0.2, -0.15) is 0 Å². The zero-order valence-corrected chi connectivity index (χ0v) is 40.8. The van der Waals surface area contributed by atoms with Crippen LogP contribution < -0.4 is 20.7 Å². The number of hydrogen-bond donors (Lipinski definition) is 0. The van der Waals surface area contributed by atoms with Crippen molar-refractivity contribution in [3.05, 3.63) is 154 Å². The van der Waals surface area contributed by atoms with Gasteiger partial charge in [0.2, 0.25) is 0 Å². The van der Waals surface area contributed by atoms with E-state index in [0.29, 0.717) is 5.56 Å². The van der Waals surface area contributed by atoms with Crippen LogP contribution in [0, 0.1) is 6.92 Å². The van der Waals surface area contributed by atoms with Crippen LogP contribution in [0.25, 0.3) is 21.2 Å². The first-order valence-electron chi connectivity index (χ1n) is 25.2. The Bertz CT molecular complexity index is 3120. The molecule has 2 heterocycles. The van der Waals surface area contributed by atoms with Gasteiger partial charge in [0.1, 0.15) is 0 Å². The van der Waals surface area contributed by atoms with E-state index < -0.39 is 6.04 Å². The smallest absolute Gasteiger partial charge is 0.199 e. The van der Waals surface area contributed by atoms with Gasteiger partial charge >= 0.3 is 0 Å². The summed E-state index contributed by atoms with van der Waals surface area (Å²) in [5.74, 6) is 0. The van der Waals surface area contributed by atoms with Gasteiger partial charge in [0.25, 0.3) is 0 Å². The average molecular weight is 851 g/mol. The van der Waals surface area contributed by atoms with Crippen molar-refractivity contribution in [2.45, 2.75) is 137 Å². The van der Waals surface area contributed by atoms with Crippen LogP contribution in [0.3, 0.4) is 0 Å². The van der Waals surface area contributed by atoms with E-state index in [1.807, 2.05) is 23.5 Å². The fraction of sp³-hybridized carbons (Fsp3) is 0.356. The molecule has 63 heavy (non-hydrogen) atoms. The molecular weight excluding hydrogens is 780 g/mol. The Labute approximate surface area is 390 Å². The third kappa shape index (κ3) is 7.85. The minimum atomic E-state index is -0.397. The molecule has 0 saturated carbocycles. The fourth-order valence-electron chi connectivity index (χ4n) is 9.62. The Morgan fingerprint density at radius 3 is 1.83 bits per heavy atom. The number of fused-ring (bicyclic) bond motifs is 4. The highest BCUT2D eigenvalue weighted by Crippen LogP contribution is 2.51. The lowest BCUT2D eigenvalue weighted by molar-refractivity contribution is 0.332. The van der Waals surface area contributed by atoms with Crippen LogP contribution in [0.4, 0.5) is 34.1 Å². The zero-order chi connectivity index (χ0) is 49.4. The van der Waals surface area contributed by atoms with Crippen LogP contribution in [0.1, 0.15) is 143 Å². The molecule has 0 saturated heterocycles. The number of nitrogens with zero attached hydrogens (tertiary/aromatic N) is 2. The molecule has 2 nitrogen and oxygen atoms in total. The summed E-state index contributed by atoms with van der Waals surface area (Å²) in [6.07, 6.45) is 2.29. The first kappa shape index (κ1) is 37.3. The third-order valence-corrected chi connectivity index (χ3v) is 14.7. The number of anilines is 6. The monoisotopic (exact) mass is 851 g/mol. The molecular formula is C59H66BN2S. The van der Waals surface area contributed by atoms with Crippen molar-refractivity contribution in [2.75, 3.05) is 9.80 Å². The molecule has 1 aliphatic heterocycles. The Morgan fingerprint density at radius 1 is 0.619 bits per heavy atom. The van der Waals surface area contributed by atoms with E-state index in [1.165, 1.54) is 37.9 Å². The highest BCUT2D eigenvalue weighted by molar-refractivity contribution is 7.17. The van der Waals surface area contributed by atoms with Gasteiger partial charge in [-0.1, -0.05) is 156 Å². The number of aryl methyl sites for hydroxylation is 1. The number of rotatable bonds is 5. The largest absolute Gasteiger partial charge is 0.311 e. The van der Waals surface area contributed by atoms with Crippen molar-refractivity contribution >= 4 is 73.8 Å². The van der Waals surface area contributed by atoms with Crippen molar-refractivity contribution in [1.82, 2.24) is 0 Å². The first-order valence-corrected chi connectivity index (χ1v) is 23.6. The highest BCUT2D eigenvalue weighted by atomic mass is 32.1. The van der Waals surface area contributed by atoms with E-state index in [-0.39, 0.29) is 56.8 Å². The average Bonchev–Trinajstić information content (AvgIpc) is 3.67. The van der Waals surface area contributed by atoms with Crippen LogP contribution in [0.5, 0.6) is 0 Å². The molecule has 1 aromatic heterocycles. The van der Waals surface area contributed by atoms with E-state index in [1.54, 1.807) is 0 Å². The second-order valence-electron chi connectivity index (χ2n) is 22.7. The minimum Gasteiger partial charge on any atom is -0.311 e. The molecule has 0 N–H and O–H groups in total. The third-order valence-electron chi connectivity index (χ3n) is 13.8. The summed E-state index contributed by atoms with van der Waals surface area (Å²) in [4.78, 5) is 4.84. The summed E-state index contributed by atoms with van der Waals surface area (Å²) in [7, 11) is 2.29. The maximum atomic E-state index is 8.99. The lowest BCUT2D eigenvalue weighted by Crippen LogP contribution is -2.42. The highest BCUT2D eigenvalue weighted by Gasteiger charge is 2.38. The fourth-order valence-corrected chi connectivity index (χ4v) is 10.6. The molecule has 1 radical (unpaired) electrons. The van der Waals surface area contributed by atoms with Crippen molar-refractivity contribution in [2.24, 2.45) is 0 Å². The Morgan fingerprint density at radius 2 is 1.22 bits per heavy atom. The quantitative estimate of drug-likeness (QED) is 0.159. The molecule has 7 aromatic rings. The Balaban J connectivity index is 1.35. The molecule has 321 valence electrons. The first-order chi connectivity index (χ1) is 31.6. The standard InChI is InChI=1S/C59H66BN2S/c1-37-28-50(61(43-23-21-40(22-24-43)55(2,3)4)52-36-63-53-35-47-46(34-45(52)53)58(11,12)26-27-59(47,13)14)54-51(29-37)62(44-32-41(56(5,6)7)31-42(33-44)57(8,9)10)49-30-39(20-25-48(49)60-54)38-18-16-15-17-19-38/h15-25,28-36H,26-27H2,1-14H3/i15D,16D,17D,18D,19D. The van der Waals surface area contributed by atoms with E-state index in [2.05, 4.69) is 192 Å². The molecule has 0 unspecified atom stereocenters. The summed E-state index contributed by atoms with van der Waals surface area (Å²) >= 11 is 1.82. The van der Waals surface area contributed by atoms with Gasteiger partial charge in [0.05, 0.1) is 12.5 Å². The molecule has 0 amide bonds. The number of thiophene rings is 1. The van der Waals surface area contributed by atoms with Gasteiger partial charge in [0, 0.05) is 43.9 Å². The summed E-state index contributed by atoms with van der Waals surface area (Å²) in [6, 6.07) is 30.2. The lowest BCUT2D eigenvalue weighted by atomic mass is 9.59. The van der Waals surface area contributed by atoms with Gasteiger partial charge in [-0.15, -0.1) is 11.3 Å². The second-order valence-corrected chi connectivity index (χ2v) is 23.6. The number of benzene rings is 6. The maximum absolute atomic E-state index is 8.99. The molecule has 6 aromatic carbocycles. The van der Waals surface area contributed by atoms with Crippen LogP contribution in [0.15, 0.2) is 121 Å². The van der Waals surface area contributed by atoms with Crippen molar-refractivity contribution < 1.29 is 6.85 Å². The molecule has 4 heteroatoms. The maximum Gasteiger partial charge on any atom is 0.199 e. The molecule has 0 fully saturated rings. The summed E-state index contributed by atoms with van der Waals surface area (Å²) in [5.41, 5.74) is 16.5. The number of hydrogen-bond acceptors (Lipinski definition) is 3. The Kier molecular flexibility index (Phi) is 8.90. The second kappa shape index (κ2) is 15.0. The minimum absolute atomic E-state index is 0.0160. The molecule has 0 atom stereocenters. The van der Waals surface area contributed by atoms with Crippen LogP contribution >= 0.6 is 11.3 Å². The van der Waals surface area contributed by atoms with Gasteiger partial charge in [-0.05, 0) is 151 Å². The lowest BCUT2D eigenvalue weighted by Gasteiger charge is -2.42. The molecule has 1 aliphatic carbocycles. The predicted octanol–water partition coefficient (Wildman–Crippen LogP) is 16.0. The van der Waals surface area contributed by atoms with Gasteiger partial charge in [0.15, 0.2) is 7.28 Å². The van der Waals surface area contributed by atoms with Crippen LogP contribution in [0.2, 0.25) is 0 Å². The molecule has 9 rings (SSSR count). The zero-order valence-electron chi connectivity index (χ0n) is 45.0. The summed E-state index contributed by atoms with van der Waals surface area (Å²) < 4.78 is 44.8. The molecule has 0 spiro atoms. The SMILES string of the molecule is [2H]c1c([2H])c([2H])c(-c2ccc3c(c2)N(c2cc(C(C)(C)C)cc(C(C)(C)C)c2)c2cc(C)cc(N(c4ccc(C(C)(C)C)cc4)c4csc5cc6c(cc45)C(C)(C)CCC6(C)C)c2[B]3)c([2H])c1[2H]. The normalized spacial score (nSPS) is 16.8. The van der Waals surface area contributed by atoms with E-state index in [4.69, 9.17) is 6.85 Å².